The van der Waals surface area contributed by atoms with Crippen LogP contribution in [0.2, 0.25) is 0 Å². The Labute approximate surface area is 130 Å². The van der Waals surface area contributed by atoms with Crippen LogP contribution >= 0.6 is 0 Å². The van der Waals surface area contributed by atoms with Gasteiger partial charge in [-0.1, -0.05) is 28.5 Å². The molecule has 0 saturated heterocycles. The van der Waals surface area contributed by atoms with Crippen molar-refractivity contribution in [3.63, 3.8) is 0 Å². The summed E-state index contributed by atoms with van der Waals surface area (Å²) in [6.45, 7) is 3.65. The zero-order chi connectivity index (χ0) is 15.5. The van der Waals surface area contributed by atoms with Gasteiger partial charge in [0.1, 0.15) is 5.76 Å². The van der Waals surface area contributed by atoms with Gasteiger partial charge in [0.2, 0.25) is 0 Å². The number of hydrogen-bond acceptors (Lipinski definition) is 6. The van der Waals surface area contributed by atoms with E-state index in [9.17, 15) is 4.21 Å². The molecule has 3 aromatic rings. The van der Waals surface area contributed by atoms with Gasteiger partial charge in [0.05, 0.1) is 17.2 Å². The van der Waals surface area contributed by atoms with Gasteiger partial charge in [0.15, 0.2) is 5.82 Å². The molecule has 0 N–H and O–H groups in total. The van der Waals surface area contributed by atoms with Gasteiger partial charge in [0, 0.05) is 21.9 Å². The Morgan fingerprint density at radius 3 is 2.50 bits per heavy atom. The molecule has 2 aromatic heterocycles. The SMILES string of the molecule is Cc1noc(C)c1CS(=O)Cc1noc(-c2ccccc2)n1. The lowest BCUT2D eigenvalue weighted by atomic mass is 10.2. The monoisotopic (exact) mass is 317 g/mol. The zero-order valence-electron chi connectivity index (χ0n) is 12.3. The minimum atomic E-state index is -1.15. The highest BCUT2D eigenvalue weighted by Gasteiger charge is 2.15. The lowest BCUT2D eigenvalue weighted by molar-refractivity contribution is 0.392. The maximum absolute atomic E-state index is 12.3. The lowest BCUT2D eigenvalue weighted by Gasteiger charge is -1.98. The third-order valence-corrected chi connectivity index (χ3v) is 4.46. The predicted molar refractivity (Wildman–Crippen MR) is 81.3 cm³/mol. The van der Waals surface area contributed by atoms with E-state index in [0.29, 0.717) is 23.2 Å². The molecule has 0 amide bonds. The van der Waals surface area contributed by atoms with E-state index in [1.54, 1.807) is 0 Å². The predicted octanol–water partition coefficient (Wildman–Crippen LogP) is 2.79. The molecule has 114 valence electrons. The molecule has 0 bridgehead atoms. The highest BCUT2D eigenvalue weighted by molar-refractivity contribution is 7.83. The first-order valence-electron chi connectivity index (χ1n) is 6.78. The first-order chi connectivity index (χ1) is 10.6. The Hall–Kier alpha value is -2.28. The summed E-state index contributed by atoms with van der Waals surface area (Å²) in [4.78, 5) is 4.28. The Kier molecular flexibility index (Phi) is 4.15. The van der Waals surface area contributed by atoms with Crippen LogP contribution < -0.4 is 0 Å². The van der Waals surface area contributed by atoms with E-state index in [2.05, 4.69) is 15.3 Å². The summed E-state index contributed by atoms with van der Waals surface area (Å²) < 4.78 is 22.5. The van der Waals surface area contributed by atoms with Gasteiger partial charge in [-0.15, -0.1) is 0 Å². The second-order valence-corrected chi connectivity index (χ2v) is 6.37. The fourth-order valence-corrected chi connectivity index (χ4v) is 3.32. The number of rotatable bonds is 5. The van der Waals surface area contributed by atoms with Crippen molar-refractivity contribution in [2.45, 2.75) is 25.4 Å². The minimum Gasteiger partial charge on any atom is -0.361 e. The summed E-state index contributed by atoms with van der Waals surface area (Å²) in [6, 6.07) is 9.49. The number of aromatic nitrogens is 3. The number of nitrogens with zero attached hydrogens (tertiary/aromatic N) is 3. The summed E-state index contributed by atoms with van der Waals surface area (Å²) in [5.41, 5.74) is 2.49. The molecule has 7 heteroatoms. The quantitative estimate of drug-likeness (QED) is 0.719. The third kappa shape index (κ3) is 3.14. The van der Waals surface area contributed by atoms with Crippen LogP contribution in [-0.2, 0) is 22.3 Å². The van der Waals surface area contributed by atoms with E-state index in [4.69, 9.17) is 9.05 Å². The Morgan fingerprint density at radius 1 is 1.05 bits per heavy atom. The van der Waals surface area contributed by atoms with Crippen molar-refractivity contribution < 1.29 is 13.3 Å². The summed E-state index contributed by atoms with van der Waals surface area (Å²) in [7, 11) is -1.15. The van der Waals surface area contributed by atoms with E-state index in [1.807, 2.05) is 44.2 Å². The average molecular weight is 317 g/mol. The fraction of sp³-hybridized carbons (Fsp3) is 0.267. The molecule has 0 aliphatic heterocycles. The molecular formula is C15H15N3O3S. The van der Waals surface area contributed by atoms with Crippen molar-refractivity contribution in [2.75, 3.05) is 0 Å². The Balaban J connectivity index is 1.69. The number of hydrogen-bond donors (Lipinski definition) is 0. The average Bonchev–Trinajstić information content (AvgIpc) is 3.10. The summed E-state index contributed by atoms with van der Waals surface area (Å²) in [6.07, 6.45) is 0. The molecule has 1 aromatic carbocycles. The first-order valence-corrected chi connectivity index (χ1v) is 8.27. The van der Waals surface area contributed by atoms with Gasteiger partial charge in [-0.2, -0.15) is 4.98 Å². The first kappa shape index (κ1) is 14.6. The van der Waals surface area contributed by atoms with E-state index in [1.165, 1.54) is 0 Å². The van der Waals surface area contributed by atoms with Crippen LogP contribution in [0.4, 0.5) is 0 Å². The van der Waals surface area contributed by atoms with Gasteiger partial charge in [-0.3, -0.25) is 4.21 Å². The van der Waals surface area contributed by atoms with Crippen LogP contribution in [0.1, 0.15) is 22.8 Å². The zero-order valence-corrected chi connectivity index (χ0v) is 13.1. The number of benzene rings is 1. The Morgan fingerprint density at radius 2 is 1.82 bits per heavy atom. The van der Waals surface area contributed by atoms with E-state index in [0.717, 1.165) is 16.8 Å². The van der Waals surface area contributed by atoms with Crippen molar-refractivity contribution in [2.24, 2.45) is 0 Å². The fourth-order valence-electron chi connectivity index (χ4n) is 2.07. The van der Waals surface area contributed by atoms with Crippen LogP contribution in [0.5, 0.6) is 0 Å². The van der Waals surface area contributed by atoms with Crippen LogP contribution in [-0.4, -0.2) is 19.5 Å². The summed E-state index contributed by atoms with van der Waals surface area (Å²) in [5.74, 6) is 2.18. The second kappa shape index (κ2) is 6.23. The molecule has 1 unspecified atom stereocenters. The summed E-state index contributed by atoms with van der Waals surface area (Å²) >= 11 is 0. The van der Waals surface area contributed by atoms with E-state index >= 15 is 0 Å². The van der Waals surface area contributed by atoms with E-state index in [-0.39, 0.29) is 5.75 Å². The van der Waals surface area contributed by atoms with Gasteiger partial charge >= 0.3 is 0 Å². The molecule has 1 atom stereocenters. The van der Waals surface area contributed by atoms with Crippen LogP contribution in [0.3, 0.4) is 0 Å². The number of aryl methyl sites for hydroxylation is 2. The molecular weight excluding hydrogens is 302 g/mol. The molecule has 2 heterocycles. The maximum Gasteiger partial charge on any atom is 0.257 e. The molecule has 0 aliphatic carbocycles. The van der Waals surface area contributed by atoms with Crippen LogP contribution in [0.15, 0.2) is 39.4 Å². The maximum atomic E-state index is 12.3. The smallest absolute Gasteiger partial charge is 0.257 e. The standard InChI is InChI=1S/C15H15N3O3S/c1-10-13(11(2)20-17-10)8-22(19)9-14-16-15(21-18-14)12-6-4-3-5-7-12/h3-7H,8-9H2,1-2H3. The lowest BCUT2D eigenvalue weighted by Crippen LogP contribution is -2.02. The van der Waals surface area contributed by atoms with Gasteiger partial charge in [-0.05, 0) is 26.0 Å². The van der Waals surface area contributed by atoms with E-state index < -0.39 is 10.8 Å². The van der Waals surface area contributed by atoms with Gasteiger partial charge in [0.25, 0.3) is 5.89 Å². The topological polar surface area (TPSA) is 82.0 Å². The molecule has 6 nitrogen and oxygen atoms in total. The summed E-state index contributed by atoms with van der Waals surface area (Å²) in [5, 5.41) is 7.75. The normalized spacial score (nSPS) is 12.5. The molecule has 0 fully saturated rings. The van der Waals surface area contributed by atoms with Gasteiger partial charge < -0.3 is 9.05 Å². The van der Waals surface area contributed by atoms with Crippen molar-refractivity contribution >= 4 is 10.8 Å². The second-order valence-electron chi connectivity index (χ2n) is 4.91. The molecule has 0 radical (unpaired) electrons. The molecule has 22 heavy (non-hydrogen) atoms. The molecule has 0 saturated carbocycles. The highest BCUT2D eigenvalue weighted by Crippen LogP contribution is 2.18. The van der Waals surface area contributed by atoms with Crippen molar-refractivity contribution in [1.29, 1.82) is 0 Å². The van der Waals surface area contributed by atoms with Crippen molar-refractivity contribution in [1.82, 2.24) is 15.3 Å². The Bertz CT molecular complexity index is 776. The largest absolute Gasteiger partial charge is 0.361 e. The van der Waals surface area contributed by atoms with Crippen molar-refractivity contribution in [3.8, 4) is 11.5 Å². The highest BCUT2D eigenvalue weighted by atomic mass is 32.2. The molecule has 0 spiro atoms. The molecule has 0 aliphatic rings. The van der Waals surface area contributed by atoms with Crippen molar-refractivity contribution in [3.05, 3.63) is 53.2 Å². The van der Waals surface area contributed by atoms with Gasteiger partial charge in [-0.25, -0.2) is 0 Å². The molecule has 3 rings (SSSR count). The van der Waals surface area contributed by atoms with Crippen LogP contribution in [0.25, 0.3) is 11.5 Å². The van der Waals surface area contributed by atoms with Crippen LogP contribution in [0, 0.1) is 13.8 Å². The third-order valence-electron chi connectivity index (χ3n) is 3.27. The minimum absolute atomic E-state index is 0.237.